The number of fused-ring (bicyclic) bond motifs is 1. The van der Waals surface area contributed by atoms with E-state index in [0.717, 1.165) is 6.42 Å². The van der Waals surface area contributed by atoms with Crippen LogP contribution in [0.4, 0.5) is 5.69 Å². The van der Waals surface area contributed by atoms with E-state index in [4.69, 9.17) is 4.74 Å². The third kappa shape index (κ3) is 4.32. The van der Waals surface area contributed by atoms with Crippen LogP contribution >= 0.6 is 0 Å². The molecule has 0 spiro atoms. The monoisotopic (exact) mass is 319 g/mol. The molecular weight excluding hydrogens is 294 g/mol. The molecule has 1 amide bonds. The number of anilines is 1. The maximum Gasteiger partial charge on any atom is 0.312 e. The van der Waals surface area contributed by atoms with Crippen molar-refractivity contribution in [1.29, 1.82) is 0 Å². The Morgan fingerprint density at radius 2 is 2.00 bits per heavy atom. The van der Waals surface area contributed by atoms with Gasteiger partial charge in [0.05, 0.1) is 19.1 Å². The Hall–Kier alpha value is -1.88. The van der Waals surface area contributed by atoms with Gasteiger partial charge in [0.25, 0.3) is 0 Å². The quantitative estimate of drug-likeness (QED) is 0.839. The summed E-state index contributed by atoms with van der Waals surface area (Å²) in [6.45, 7) is 6.85. The van der Waals surface area contributed by atoms with Gasteiger partial charge in [0.2, 0.25) is 5.91 Å². The van der Waals surface area contributed by atoms with E-state index in [1.54, 1.807) is 23.1 Å². The predicted octanol–water partition coefficient (Wildman–Crippen LogP) is 3.04. The second-order valence-corrected chi connectivity index (χ2v) is 6.51. The SMILES string of the molecule is CC(C)CC(C)OCCC(=O)N1CC(C(=O)O)c2ccccc21. The minimum Gasteiger partial charge on any atom is -0.481 e. The highest BCUT2D eigenvalue weighted by Gasteiger charge is 2.35. The molecule has 5 nitrogen and oxygen atoms in total. The molecule has 0 aromatic heterocycles. The second-order valence-electron chi connectivity index (χ2n) is 6.51. The van der Waals surface area contributed by atoms with Gasteiger partial charge in [0, 0.05) is 12.2 Å². The Bertz CT molecular complexity index is 570. The summed E-state index contributed by atoms with van der Waals surface area (Å²) < 4.78 is 5.68. The van der Waals surface area contributed by atoms with Gasteiger partial charge < -0.3 is 14.7 Å². The highest BCUT2D eigenvalue weighted by Crippen LogP contribution is 2.36. The fraction of sp³-hybridized carbons (Fsp3) is 0.556. The van der Waals surface area contributed by atoms with E-state index in [1.165, 1.54) is 0 Å². The molecule has 1 heterocycles. The smallest absolute Gasteiger partial charge is 0.312 e. The maximum atomic E-state index is 12.4. The molecule has 126 valence electrons. The van der Waals surface area contributed by atoms with Crippen LogP contribution in [-0.4, -0.2) is 36.2 Å². The number of hydrogen-bond acceptors (Lipinski definition) is 3. The molecule has 5 heteroatoms. The van der Waals surface area contributed by atoms with Crippen LogP contribution in [0.1, 0.15) is 45.1 Å². The van der Waals surface area contributed by atoms with Crippen molar-refractivity contribution in [3.05, 3.63) is 29.8 Å². The van der Waals surface area contributed by atoms with Crippen molar-refractivity contribution >= 4 is 17.6 Å². The minimum atomic E-state index is -0.894. The lowest BCUT2D eigenvalue weighted by Gasteiger charge is -2.19. The van der Waals surface area contributed by atoms with Gasteiger partial charge in [-0.1, -0.05) is 32.0 Å². The normalized spacial score (nSPS) is 18.1. The number of carboxylic acids is 1. The van der Waals surface area contributed by atoms with Gasteiger partial charge in [0.15, 0.2) is 0 Å². The third-order valence-electron chi connectivity index (χ3n) is 4.09. The molecule has 0 bridgehead atoms. The number of rotatable bonds is 7. The molecule has 1 aromatic rings. The lowest BCUT2D eigenvalue weighted by Crippen LogP contribution is -2.32. The number of carboxylic acid groups (broad SMARTS) is 1. The van der Waals surface area contributed by atoms with Gasteiger partial charge in [-0.05, 0) is 30.9 Å². The summed E-state index contributed by atoms with van der Waals surface area (Å²) in [7, 11) is 0. The Labute approximate surface area is 137 Å². The predicted molar refractivity (Wildman–Crippen MR) is 88.7 cm³/mol. The molecule has 0 fully saturated rings. The first-order valence-corrected chi connectivity index (χ1v) is 8.13. The first kappa shape index (κ1) is 17.5. The lowest BCUT2D eigenvalue weighted by atomic mass is 10.0. The maximum absolute atomic E-state index is 12.4. The van der Waals surface area contributed by atoms with Crippen molar-refractivity contribution in [3.8, 4) is 0 Å². The first-order valence-electron chi connectivity index (χ1n) is 8.13. The molecule has 0 saturated heterocycles. The summed E-state index contributed by atoms with van der Waals surface area (Å²) in [5, 5.41) is 9.33. The summed E-state index contributed by atoms with van der Waals surface area (Å²) in [6, 6.07) is 7.21. The standard InChI is InChI=1S/C18H25NO4/c1-12(2)10-13(3)23-9-8-17(20)19-11-15(18(21)22)14-6-4-5-7-16(14)19/h4-7,12-13,15H,8-11H2,1-3H3,(H,21,22). The summed E-state index contributed by atoms with van der Waals surface area (Å²) in [5.74, 6) is -1.06. The van der Waals surface area contributed by atoms with Gasteiger partial charge in [-0.2, -0.15) is 0 Å². The van der Waals surface area contributed by atoms with Gasteiger partial charge >= 0.3 is 5.97 Å². The molecule has 1 N–H and O–H groups in total. The number of ether oxygens (including phenoxy) is 1. The molecule has 23 heavy (non-hydrogen) atoms. The average molecular weight is 319 g/mol. The Kier molecular flexibility index (Phi) is 5.77. The van der Waals surface area contributed by atoms with Crippen molar-refractivity contribution in [3.63, 3.8) is 0 Å². The highest BCUT2D eigenvalue weighted by atomic mass is 16.5. The Balaban J connectivity index is 1.94. The van der Waals surface area contributed by atoms with Crippen molar-refractivity contribution in [2.45, 2.75) is 45.6 Å². The summed E-state index contributed by atoms with van der Waals surface area (Å²) >= 11 is 0. The number of para-hydroxylation sites is 1. The number of nitrogens with zero attached hydrogens (tertiary/aromatic N) is 1. The van der Waals surface area contributed by atoms with Crippen molar-refractivity contribution < 1.29 is 19.4 Å². The van der Waals surface area contributed by atoms with Gasteiger partial charge in [-0.15, -0.1) is 0 Å². The molecule has 1 aliphatic heterocycles. The number of carbonyl (C=O) groups excluding carboxylic acids is 1. The number of benzene rings is 1. The van der Waals surface area contributed by atoms with E-state index >= 15 is 0 Å². The molecule has 1 aromatic carbocycles. The fourth-order valence-electron chi connectivity index (χ4n) is 3.07. The van der Waals surface area contributed by atoms with E-state index in [2.05, 4.69) is 13.8 Å². The molecular formula is C18H25NO4. The van der Waals surface area contributed by atoms with Gasteiger partial charge in [-0.25, -0.2) is 0 Å². The first-order chi connectivity index (χ1) is 10.9. The minimum absolute atomic E-state index is 0.0852. The van der Waals surface area contributed by atoms with Crippen LogP contribution in [0.15, 0.2) is 24.3 Å². The summed E-state index contributed by atoms with van der Waals surface area (Å²) in [4.78, 5) is 25.4. The lowest BCUT2D eigenvalue weighted by molar-refractivity contribution is -0.138. The number of amides is 1. The zero-order valence-corrected chi connectivity index (χ0v) is 14.0. The van der Waals surface area contributed by atoms with E-state index in [9.17, 15) is 14.7 Å². The van der Waals surface area contributed by atoms with Crippen LogP contribution in [-0.2, 0) is 14.3 Å². The molecule has 2 unspecified atom stereocenters. The third-order valence-corrected chi connectivity index (χ3v) is 4.09. The molecule has 0 saturated carbocycles. The van der Waals surface area contributed by atoms with Crippen LogP contribution in [0.25, 0.3) is 0 Å². The van der Waals surface area contributed by atoms with Crippen molar-refractivity contribution in [2.75, 3.05) is 18.1 Å². The van der Waals surface area contributed by atoms with Crippen LogP contribution in [0.3, 0.4) is 0 Å². The fourth-order valence-corrected chi connectivity index (χ4v) is 3.07. The molecule has 0 aliphatic carbocycles. The van der Waals surface area contributed by atoms with E-state index in [0.29, 0.717) is 23.8 Å². The van der Waals surface area contributed by atoms with E-state index in [1.807, 2.05) is 13.0 Å². The number of aliphatic carboxylic acids is 1. The largest absolute Gasteiger partial charge is 0.481 e. The van der Waals surface area contributed by atoms with E-state index in [-0.39, 0.29) is 25.0 Å². The van der Waals surface area contributed by atoms with Crippen LogP contribution < -0.4 is 4.90 Å². The van der Waals surface area contributed by atoms with Crippen LogP contribution in [0.2, 0.25) is 0 Å². The van der Waals surface area contributed by atoms with Crippen LogP contribution in [0, 0.1) is 5.92 Å². The molecule has 2 atom stereocenters. The van der Waals surface area contributed by atoms with Crippen molar-refractivity contribution in [1.82, 2.24) is 0 Å². The van der Waals surface area contributed by atoms with Gasteiger partial charge in [-0.3, -0.25) is 9.59 Å². The highest BCUT2D eigenvalue weighted by molar-refractivity contribution is 5.98. The van der Waals surface area contributed by atoms with E-state index < -0.39 is 11.9 Å². The average Bonchev–Trinajstić information content (AvgIpc) is 2.86. The Morgan fingerprint density at radius 3 is 2.65 bits per heavy atom. The summed E-state index contributed by atoms with van der Waals surface area (Å²) in [5.41, 5.74) is 1.42. The molecule has 0 radical (unpaired) electrons. The zero-order valence-electron chi connectivity index (χ0n) is 14.0. The second kappa shape index (κ2) is 7.59. The topological polar surface area (TPSA) is 66.8 Å². The number of hydrogen-bond donors (Lipinski definition) is 1. The van der Waals surface area contributed by atoms with Gasteiger partial charge in [0.1, 0.15) is 5.92 Å². The number of carbonyl (C=O) groups is 2. The van der Waals surface area contributed by atoms with Crippen LogP contribution in [0.5, 0.6) is 0 Å². The Morgan fingerprint density at radius 1 is 1.30 bits per heavy atom. The molecule has 2 rings (SSSR count). The molecule has 1 aliphatic rings. The zero-order chi connectivity index (χ0) is 17.0. The summed E-state index contributed by atoms with van der Waals surface area (Å²) in [6.07, 6.45) is 1.35. The van der Waals surface area contributed by atoms with Crippen molar-refractivity contribution in [2.24, 2.45) is 5.92 Å².